The third-order valence-electron chi connectivity index (χ3n) is 4.21. The van der Waals surface area contributed by atoms with Crippen LogP contribution in [0.25, 0.3) is 5.57 Å². The molecule has 0 spiro atoms. The Morgan fingerprint density at radius 2 is 1.95 bits per heavy atom. The van der Waals surface area contributed by atoms with Crippen molar-refractivity contribution in [1.82, 2.24) is 4.90 Å². The van der Waals surface area contributed by atoms with Crippen molar-refractivity contribution in [3.8, 4) is 6.07 Å². The zero-order valence-electron chi connectivity index (χ0n) is 12.5. The smallest absolute Gasteiger partial charge is 0.265 e. The van der Waals surface area contributed by atoms with Crippen LogP contribution in [0.5, 0.6) is 0 Å². The monoisotopic (exact) mass is 295 g/mol. The summed E-state index contributed by atoms with van der Waals surface area (Å²) >= 11 is 0. The first-order valence-electron chi connectivity index (χ1n) is 7.54. The van der Waals surface area contributed by atoms with E-state index in [9.17, 15) is 14.9 Å². The fraction of sp³-hybridized carbons (Fsp3) is 0.353. The second kappa shape index (κ2) is 5.64. The highest BCUT2D eigenvalue weighted by Gasteiger charge is 2.36. The third-order valence-corrected chi connectivity index (χ3v) is 4.21. The van der Waals surface area contributed by atoms with Crippen molar-refractivity contribution in [2.45, 2.75) is 19.8 Å². The minimum absolute atomic E-state index is 0.0321. The van der Waals surface area contributed by atoms with Crippen LogP contribution in [-0.2, 0) is 9.59 Å². The van der Waals surface area contributed by atoms with E-state index in [2.05, 4.69) is 0 Å². The lowest BCUT2D eigenvalue weighted by atomic mass is 10.0. The van der Waals surface area contributed by atoms with Crippen molar-refractivity contribution >= 4 is 23.1 Å². The Hall–Kier alpha value is -2.61. The molecule has 1 saturated heterocycles. The molecule has 2 amide bonds. The third kappa shape index (κ3) is 2.08. The Balaban J connectivity index is 2.13. The van der Waals surface area contributed by atoms with E-state index in [0.29, 0.717) is 25.2 Å². The van der Waals surface area contributed by atoms with E-state index in [4.69, 9.17) is 0 Å². The van der Waals surface area contributed by atoms with Crippen LogP contribution in [0.2, 0.25) is 0 Å². The van der Waals surface area contributed by atoms with Gasteiger partial charge in [0.1, 0.15) is 11.6 Å². The van der Waals surface area contributed by atoms with Gasteiger partial charge in [-0.1, -0.05) is 18.2 Å². The van der Waals surface area contributed by atoms with Crippen molar-refractivity contribution in [1.29, 1.82) is 5.26 Å². The van der Waals surface area contributed by atoms with Crippen molar-refractivity contribution in [2.24, 2.45) is 0 Å². The van der Waals surface area contributed by atoms with Crippen molar-refractivity contribution in [3.63, 3.8) is 0 Å². The summed E-state index contributed by atoms with van der Waals surface area (Å²) in [6.07, 6.45) is 1.90. The Bertz CT molecular complexity index is 709. The number of carbonyl (C=O) groups excluding carboxylic acids is 2. The molecule has 0 saturated carbocycles. The minimum Gasteiger partial charge on any atom is -0.338 e. The molecular weight excluding hydrogens is 278 g/mol. The van der Waals surface area contributed by atoms with Gasteiger partial charge in [-0.3, -0.25) is 9.59 Å². The number of anilines is 1. The fourth-order valence-corrected chi connectivity index (χ4v) is 3.12. The molecule has 22 heavy (non-hydrogen) atoms. The molecule has 0 aromatic heterocycles. The molecule has 5 heteroatoms. The number of carbonyl (C=O) groups is 2. The van der Waals surface area contributed by atoms with Gasteiger partial charge in [-0.25, -0.2) is 0 Å². The highest BCUT2D eigenvalue weighted by Crippen LogP contribution is 2.38. The zero-order chi connectivity index (χ0) is 15.7. The topological polar surface area (TPSA) is 64.4 Å². The van der Waals surface area contributed by atoms with E-state index in [-0.39, 0.29) is 23.0 Å². The van der Waals surface area contributed by atoms with Crippen LogP contribution in [0.4, 0.5) is 5.69 Å². The molecular formula is C17H17N3O2. The number of rotatable bonds is 2. The van der Waals surface area contributed by atoms with Crippen molar-refractivity contribution in [2.75, 3.05) is 24.5 Å². The number of fused-ring (bicyclic) bond motifs is 1. The van der Waals surface area contributed by atoms with Crippen LogP contribution in [0.15, 0.2) is 29.8 Å². The van der Waals surface area contributed by atoms with Crippen LogP contribution in [0.3, 0.4) is 0 Å². The standard InChI is InChI=1S/C17H17N3O2/c1-2-20-14-8-4-3-7-12(14)15(17(20)22)13(11-18)16(21)19-9-5-6-10-19/h3-4,7-8H,2,5-6,9-10H2,1H3. The number of likely N-dealkylation sites (N-methyl/N-ethyl adjacent to an activating group) is 1. The molecule has 0 unspecified atom stereocenters. The number of hydrogen-bond acceptors (Lipinski definition) is 3. The zero-order valence-corrected chi connectivity index (χ0v) is 12.5. The quantitative estimate of drug-likeness (QED) is 0.619. The van der Waals surface area contributed by atoms with Gasteiger partial charge in [0.2, 0.25) is 0 Å². The maximum atomic E-state index is 12.7. The minimum atomic E-state index is -0.323. The summed E-state index contributed by atoms with van der Waals surface area (Å²) in [5, 5.41) is 9.49. The summed E-state index contributed by atoms with van der Waals surface area (Å²) in [5.41, 5.74) is 1.66. The first-order valence-corrected chi connectivity index (χ1v) is 7.54. The van der Waals surface area contributed by atoms with Gasteiger partial charge < -0.3 is 9.80 Å². The van der Waals surface area contributed by atoms with Crippen LogP contribution >= 0.6 is 0 Å². The maximum absolute atomic E-state index is 12.7. The molecule has 0 atom stereocenters. The molecule has 1 aromatic carbocycles. The lowest BCUT2D eigenvalue weighted by Crippen LogP contribution is -2.31. The van der Waals surface area contributed by atoms with Gasteiger partial charge in [-0.15, -0.1) is 0 Å². The molecule has 1 aromatic rings. The summed E-state index contributed by atoms with van der Waals surface area (Å²) < 4.78 is 0. The second-order valence-electron chi connectivity index (χ2n) is 5.43. The Kier molecular flexibility index (Phi) is 3.68. The van der Waals surface area contributed by atoms with Crippen LogP contribution in [0.1, 0.15) is 25.3 Å². The number of nitrogens with zero attached hydrogens (tertiary/aromatic N) is 3. The average molecular weight is 295 g/mol. The number of likely N-dealkylation sites (tertiary alicyclic amines) is 1. The number of para-hydroxylation sites is 1. The van der Waals surface area contributed by atoms with Gasteiger partial charge >= 0.3 is 0 Å². The van der Waals surface area contributed by atoms with E-state index in [1.165, 1.54) is 0 Å². The summed E-state index contributed by atoms with van der Waals surface area (Å²) in [4.78, 5) is 28.5. The Morgan fingerprint density at radius 1 is 1.27 bits per heavy atom. The van der Waals surface area contributed by atoms with Gasteiger partial charge in [-0.05, 0) is 25.8 Å². The van der Waals surface area contributed by atoms with Gasteiger partial charge in [0.15, 0.2) is 0 Å². The molecule has 3 rings (SSSR count). The van der Waals surface area contributed by atoms with E-state index in [1.807, 2.05) is 31.2 Å². The lowest BCUT2D eigenvalue weighted by Gasteiger charge is -2.16. The normalized spacial score (nSPS) is 19.2. The summed E-state index contributed by atoms with van der Waals surface area (Å²) in [5.74, 6) is -0.580. The van der Waals surface area contributed by atoms with Gasteiger partial charge in [-0.2, -0.15) is 5.26 Å². The molecule has 0 N–H and O–H groups in total. The SMILES string of the molecule is CCN1C(=O)C(=C(C#N)C(=O)N2CCCC2)c2ccccc21. The number of amides is 2. The molecule has 1 fully saturated rings. The highest BCUT2D eigenvalue weighted by molar-refractivity contribution is 6.37. The lowest BCUT2D eigenvalue weighted by molar-refractivity contribution is -0.125. The highest BCUT2D eigenvalue weighted by atomic mass is 16.2. The molecule has 2 aliphatic heterocycles. The largest absolute Gasteiger partial charge is 0.338 e. The molecule has 0 bridgehead atoms. The predicted molar refractivity (Wildman–Crippen MR) is 82.8 cm³/mol. The van der Waals surface area contributed by atoms with E-state index < -0.39 is 0 Å². The number of nitriles is 1. The summed E-state index contributed by atoms with van der Waals surface area (Å²) in [7, 11) is 0. The first-order chi connectivity index (χ1) is 10.7. The van der Waals surface area contributed by atoms with Crippen molar-refractivity contribution in [3.05, 3.63) is 35.4 Å². The molecule has 5 nitrogen and oxygen atoms in total. The van der Waals surface area contributed by atoms with Crippen molar-refractivity contribution < 1.29 is 9.59 Å². The first kappa shape index (κ1) is 14.3. The summed E-state index contributed by atoms with van der Waals surface area (Å²) in [6, 6.07) is 9.30. The van der Waals surface area contributed by atoms with Crippen LogP contribution < -0.4 is 4.90 Å². The molecule has 2 heterocycles. The number of benzene rings is 1. The molecule has 0 radical (unpaired) electrons. The Morgan fingerprint density at radius 3 is 2.59 bits per heavy atom. The van der Waals surface area contributed by atoms with Gasteiger partial charge in [0.05, 0.1) is 11.3 Å². The van der Waals surface area contributed by atoms with E-state index >= 15 is 0 Å². The van der Waals surface area contributed by atoms with Crippen LogP contribution in [0, 0.1) is 11.3 Å². The van der Waals surface area contributed by atoms with Gasteiger partial charge in [0, 0.05) is 25.2 Å². The van der Waals surface area contributed by atoms with Crippen LogP contribution in [-0.4, -0.2) is 36.3 Å². The fourth-order valence-electron chi connectivity index (χ4n) is 3.12. The maximum Gasteiger partial charge on any atom is 0.265 e. The second-order valence-corrected chi connectivity index (χ2v) is 5.43. The molecule has 112 valence electrons. The molecule has 2 aliphatic rings. The number of hydrogen-bond donors (Lipinski definition) is 0. The van der Waals surface area contributed by atoms with E-state index in [1.54, 1.807) is 15.9 Å². The van der Waals surface area contributed by atoms with E-state index in [0.717, 1.165) is 18.5 Å². The average Bonchev–Trinajstić information content (AvgIpc) is 3.15. The summed E-state index contributed by atoms with van der Waals surface area (Å²) in [6.45, 7) is 3.71. The Labute approximate surface area is 129 Å². The molecule has 0 aliphatic carbocycles. The predicted octanol–water partition coefficient (Wildman–Crippen LogP) is 1.95. The van der Waals surface area contributed by atoms with Gasteiger partial charge in [0.25, 0.3) is 11.8 Å².